The summed E-state index contributed by atoms with van der Waals surface area (Å²) in [5.74, 6) is -0.113. The number of hydrogen-bond donors (Lipinski definition) is 1. The third kappa shape index (κ3) is 25.0. The third-order valence-corrected chi connectivity index (χ3v) is 10.5. The molecule has 0 bridgehead atoms. The Balaban J connectivity index is 1.53. The molecule has 0 aromatic rings. The first-order chi connectivity index (χ1) is 22.6. The molecule has 2 aliphatic rings. The molecule has 5 heteroatoms. The van der Waals surface area contributed by atoms with Crippen molar-refractivity contribution < 1.29 is 24.2 Å². The smallest absolute Gasteiger partial charge is 0.306 e. The van der Waals surface area contributed by atoms with E-state index in [4.69, 9.17) is 9.47 Å². The van der Waals surface area contributed by atoms with Gasteiger partial charge in [-0.1, -0.05) is 141 Å². The van der Waals surface area contributed by atoms with Crippen LogP contribution < -0.4 is 0 Å². The molecule has 2 fully saturated rings. The van der Waals surface area contributed by atoms with Crippen molar-refractivity contribution in [3.63, 3.8) is 0 Å². The van der Waals surface area contributed by atoms with Gasteiger partial charge >= 0.3 is 11.9 Å². The number of carbonyl (C=O) groups excluding carboxylic acids is 2. The number of hydrogen-bond acceptors (Lipinski definition) is 5. The average molecular weight is 649 g/mol. The maximum Gasteiger partial charge on any atom is 0.306 e. The topological polar surface area (TPSA) is 72.8 Å². The van der Waals surface area contributed by atoms with Crippen LogP contribution in [0.5, 0.6) is 0 Å². The molecule has 0 spiro atoms. The number of ether oxygens (including phenoxy) is 2. The first kappa shape index (κ1) is 41.1. The van der Waals surface area contributed by atoms with Crippen LogP contribution >= 0.6 is 0 Å². The molecule has 1 N–H and O–H groups in total. The van der Waals surface area contributed by atoms with Crippen LogP contribution in [0.3, 0.4) is 0 Å². The summed E-state index contributed by atoms with van der Waals surface area (Å²) in [5.41, 5.74) is 0. The number of aliphatic hydroxyl groups is 1. The summed E-state index contributed by atoms with van der Waals surface area (Å²) in [6.07, 6.45) is 40.9. The summed E-state index contributed by atoms with van der Waals surface area (Å²) in [5, 5.41) is 10.5. The minimum absolute atomic E-state index is 0.0566. The Hall–Kier alpha value is -1.10. The molecule has 0 unspecified atom stereocenters. The molecule has 5 nitrogen and oxygen atoms in total. The lowest BCUT2D eigenvalue weighted by Gasteiger charge is -2.18. The minimum Gasteiger partial charge on any atom is -0.462 e. The van der Waals surface area contributed by atoms with E-state index in [9.17, 15) is 14.7 Å². The van der Waals surface area contributed by atoms with Crippen LogP contribution in [-0.4, -0.2) is 35.4 Å². The van der Waals surface area contributed by atoms with Gasteiger partial charge in [0.1, 0.15) is 12.2 Å². The number of carbonyl (C=O) groups is 2. The minimum atomic E-state index is -0.361. The second kappa shape index (κ2) is 30.0. The Morgan fingerprint density at radius 2 is 0.652 bits per heavy atom. The van der Waals surface area contributed by atoms with Crippen molar-refractivity contribution in [1.82, 2.24) is 0 Å². The summed E-state index contributed by atoms with van der Waals surface area (Å²) in [4.78, 5) is 25.2. The Kier molecular flexibility index (Phi) is 26.8. The highest BCUT2D eigenvalue weighted by molar-refractivity contribution is 5.69. The van der Waals surface area contributed by atoms with Gasteiger partial charge in [-0.15, -0.1) is 0 Å². The lowest BCUT2D eigenvalue weighted by molar-refractivity contribution is -0.151. The van der Waals surface area contributed by atoms with E-state index >= 15 is 0 Å². The molecule has 0 saturated heterocycles. The van der Waals surface area contributed by atoms with Gasteiger partial charge in [-0.05, 0) is 77.0 Å². The maximum absolute atomic E-state index is 12.6. The molecule has 270 valence electrons. The molecule has 46 heavy (non-hydrogen) atoms. The maximum atomic E-state index is 12.6. The first-order valence-corrected chi connectivity index (χ1v) is 20.7. The molecule has 0 amide bonds. The monoisotopic (exact) mass is 649 g/mol. The zero-order valence-electron chi connectivity index (χ0n) is 30.3. The Bertz CT molecular complexity index is 619. The predicted molar refractivity (Wildman–Crippen MR) is 192 cm³/mol. The van der Waals surface area contributed by atoms with E-state index in [0.717, 1.165) is 51.4 Å². The molecule has 0 aromatic carbocycles. The van der Waals surface area contributed by atoms with E-state index in [1.807, 2.05) is 0 Å². The van der Waals surface area contributed by atoms with Gasteiger partial charge in [-0.2, -0.15) is 0 Å². The molecule has 2 saturated carbocycles. The van der Waals surface area contributed by atoms with Gasteiger partial charge in [0.05, 0.1) is 6.10 Å². The van der Waals surface area contributed by atoms with E-state index in [-0.39, 0.29) is 30.3 Å². The lowest BCUT2D eigenvalue weighted by Crippen LogP contribution is -2.18. The summed E-state index contributed by atoms with van der Waals surface area (Å²) in [7, 11) is 0. The molecule has 2 rings (SSSR count). The second-order valence-electron chi connectivity index (χ2n) is 15.0. The van der Waals surface area contributed by atoms with Crippen molar-refractivity contribution in [3.05, 3.63) is 0 Å². The van der Waals surface area contributed by atoms with Gasteiger partial charge in [-0.25, -0.2) is 0 Å². The van der Waals surface area contributed by atoms with Crippen molar-refractivity contribution in [2.24, 2.45) is 0 Å². The van der Waals surface area contributed by atoms with Gasteiger partial charge in [0.15, 0.2) is 0 Å². The van der Waals surface area contributed by atoms with Crippen LogP contribution in [0.15, 0.2) is 0 Å². The fourth-order valence-corrected chi connectivity index (χ4v) is 7.48. The highest BCUT2D eigenvalue weighted by Crippen LogP contribution is 2.22. The van der Waals surface area contributed by atoms with Crippen molar-refractivity contribution in [3.8, 4) is 0 Å². The van der Waals surface area contributed by atoms with Crippen LogP contribution in [0.25, 0.3) is 0 Å². The summed E-state index contributed by atoms with van der Waals surface area (Å²) in [6.45, 7) is 0. The highest BCUT2D eigenvalue weighted by Gasteiger charge is 2.16. The fourth-order valence-electron chi connectivity index (χ4n) is 7.48. The predicted octanol–water partition coefficient (Wildman–Crippen LogP) is 12.2. The Morgan fingerprint density at radius 1 is 0.413 bits per heavy atom. The Labute approximate surface area is 285 Å². The Morgan fingerprint density at radius 3 is 0.913 bits per heavy atom. The summed E-state index contributed by atoms with van der Waals surface area (Å²) >= 11 is 0. The largest absolute Gasteiger partial charge is 0.462 e. The first-order valence-electron chi connectivity index (χ1n) is 20.7. The molecule has 0 radical (unpaired) electrons. The lowest BCUT2D eigenvalue weighted by atomic mass is 10.0. The number of unbranched alkanes of at least 4 members (excludes halogenated alkanes) is 2. The molecule has 2 aliphatic carbocycles. The number of rotatable bonds is 12. The molecule has 0 heterocycles. The average Bonchev–Trinajstić information content (AvgIpc) is 3.06. The summed E-state index contributed by atoms with van der Waals surface area (Å²) in [6, 6.07) is 0. The van der Waals surface area contributed by atoms with Crippen LogP contribution in [0.1, 0.15) is 231 Å². The molecule has 0 aliphatic heterocycles. The van der Waals surface area contributed by atoms with Crippen molar-refractivity contribution in [2.75, 3.05) is 0 Å². The number of aliphatic hydroxyl groups excluding tert-OH is 1. The van der Waals surface area contributed by atoms with E-state index in [0.29, 0.717) is 25.7 Å². The SMILES string of the molecule is O=C(CCCCC(O)CCCCC(=O)OC1CCCCCCCCCCCCCC1)OC1CCCCCCCCCCCCCC1. The van der Waals surface area contributed by atoms with Crippen LogP contribution in [0.2, 0.25) is 0 Å². The van der Waals surface area contributed by atoms with Crippen LogP contribution in [0, 0.1) is 0 Å². The van der Waals surface area contributed by atoms with Gasteiger partial charge in [0.2, 0.25) is 0 Å². The van der Waals surface area contributed by atoms with Crippen LogP contribution in [0.4, 0.5) is 0 Å². The normalized spacial score (nSPS) is 20.9. The molecular formula is C41H76O5. The van der Waals surface area contributed by atoms with Crippen molar-refractivity contribution in [2.45, 2.75) is 249 Å². The van der Waals surface area contributed by atoms with E-state index in [2.05, 4.69) is 0 Å². The van der Waals surface area contributed by atoms with E-state index < -0.39 is 0 Å². The quantitative estimate of drug-likeness (QED) is 0.168. The highest BCUT2D eigenvalue weighted by atomic mass is 16.5. The third-order valence-electron chi connectivity index (χ3n) is 10.5. The second-order valence-corrected chi connectivity index (χ2v) is 15.0. The van der Waals surface area contributed by atoms with Gasteiger partial charge in [0, 0.05) is 12.8 Å². The zero-order chi connectivity index (χ0) is 32.8. The zero-order valence-corrected chi connectivity index (χ0v) is 30.3. The van der Waals surface area contributed by atoms with E-state index in [1.54, 1.807) is 0 Å². The molecular weight excluding hydrogens is 572 g/mol. The van der Waals surface area contributed by atoms with Gasteiger partial charge in [-0.3, -0.25) is 9.59 Å². The van der Waals surface area contributed by atoms with Gasteiger partial charge in [0.25, 0.3) is 0 Å². The number of esters is 2. The van der Waals surface area contributed by atoms with Gasteiger partial charge < -0.3 is 14.6 Å². The fraction of sp³-hybridized carbons (Fsp3) is 0.951. The van der Waals surface area contributed by atoms with Crippen molar-refractivity contribution in [1.29, 1.82) is 0 Å². The summed E-state index contributed by atoms with van der Waals surface area (Å²) < 4.78 is 11.9. The van der Waals surface area contributed by atoms with Crippen LogP contribution in [-0.2, 0) is 19.1 Å². The molecule has 0 aromatic heterocycles. The molecule has 0 atom stereocenters. The van der Waals surface area contributed by atoms with Crippen molar-refractivity contribution >= 4 is 11.9 Å². The standard InChI is InChI=1S/C41H76O5/c42-37(29-25-27-35-40(43)45-38-31-21-17-13-9-5-1-2-6-10-14-18-22-32-38)30-26-28-36-41(44)46-39-33-23-19-15-11-7-3-4-8-12-16-20-24-34-39/h37-39,42H,1-36H2. The van der Waals surface area contributed by atoms with E-state index in [1.165, 1.54) is 154 Å².